The monoisotopic (exact) mass is 398 g/mol. The quantitative estimate of drug-likeness (QED) is 0.716. The van der Waals surface area contributed by atoms with Crippen molar-refractivity contribution < 1.29 is 19.1 Å². The number of benzene rings is 1. The molecular weight excluding hydrogens is 372 g/mol. The number of pyridine rings is 1. The molecule has 0 aliphatic carbocycles. The molecule has 2 aromatic rings. The van der Waals surface area contributed by atoms with Crippen LogP contribution in [0.3, 0.4) is 0 Å². The van der Waals surface area contributed by atoms with E-state index in [9.17, 15) is 9.59 Å². The van der Waals surface area contributed by atoms with Crippen molar-refractivity contribution in [1.82, 2.24) is 15.2 Å². The number of hydrogen-bond donors (Lipinski definition) is 1. The molecule has 1 fully saturated rings. The minimum Gasteiger partial charge on any atom is -0.497 e. The Morgan fingerprint density at radius 3 is 2.62 bits per heavy atom. The molecule has 0 atom stereocenters. The smallest absolute Gasteiger partial charge is 0.248 e. The average Bonchev–Trinajstić information content (AvgIpc) is 2.78. The molecule has 0 unspecified atom stereocenters. The van der Waals surface area contributed by atoms with E-state index < -0.39 is 0 Å². The van der Waals surface area contributed by atoms with Crippen LogP contribution < -0.4 is 15.0 Å². The Morgan fingerprint density at radius 2 is 1.90 bits per heavy atom. The number of piperazine rings is 1. The van der Waals surface area contributed by atoms with Crippen molar-refractivity contribution in [2.75, 3.05) is 51.4 Å². The standard InChI is InChI=1S/C21H26N4O4/c1-28-18-6-4-5-17(13-18)14-23-20(26)15-29-16-21(27)25-11-9-24(10-12-25)19-7-2-3-8-22-19/h2-8,13H,9-12,14-16H2,1H3,(H,23,26). The number of aromatic nitrogens is 1. The van der Waals surface area contributed by atoms with E-state index in [0.29, 0.717) is 19.6 Å². The third-order valence-electron chi connectivity index (χ3n) is 4.69. The van der Waals surface area contributed by atoms with E-state index in [-0.39, 0.29) is 25.0 Å². The minimum absolute atomic E-state index is 0.101. The van der Waals surface area contributed by atoms with Crippen molar-refractivity contribution in [1.29, 1.82) is 0 Å². The van der Waals surface area contributed by atoms with Gasteiger partial charge in [0.2, 0.25) is 11.8 Å². The van der Waals surface area contributed by atoms with Gasteiger partial charge in [-0.25, -0.2) is 4.98 Å². The lowest BCUT2D eigenvalue weighted by Gasteiger charge is -2.35. The molecule has 2 amide bonds. The lowest BCUT2D eigenvalue weighted by atomic mass is 10.2. The Bertz CT molecular complexity index is 807. The van der Waals surface area contributed by atoms with E-state index in [1.54, 1.807) is 18.2 Å². The third-order valence-corrected chi connectivity index (χ3v) is 4.69. The summed E-state index contributed by atoms with van der Waals surface area (Å²) in [7, 11) is 1.60. The van der Waals surface area contributed by atoms with Crippen molar-refractivity contribution in [3.63, 3.8) is 0 Å². The lowest BCUT2D eigenvalue weighted by molar-refractivity contribution is -0.138. The fourth-order valence-electron chi connectivity index (χ4n) is 3.08. The third kappa shape index (κ3) is 6.18. The normalized spacial score (nSPS) is 13.8. The van der Waals surface area contributed by atoms with Crippen LogP contribution in [0.1, 0.15) is 5.56 Å². The van der Waals surface area contributed by atoms with E-state index >= 15 is 0 Å². The predicted molar refractivity (Wildman–Crippen MR) is 109 cm³/mol. The van der Waals surface area contributed by atoms with Crippen LogP contribution in [0.5, 0.6) is 5.75 Å². The minimum atomic E-state index is -0.263. The number of ether oxygens (including phenoxy) is 2. The summed E-state index contributed by atoms with van der Waals surface area (Å²) in [6.07, 6.45) is 1.76. The van der Waals surface area contributed by atoms with Crippen molar-refractivity contribution in [2.45, 2.75) is 6.54 Å². The molecule has 1 saturated heterocycles. The highest BCUT2D eigenvalue weighted by atomic mass is 16.5. The van der Waals surface area contributed by atoms with Gasteiger partial charge in [0.25, 0.3) is 0 Å². The molecule has 3 rings (SSSR count). The topological polar surface area (TPSA) is 84.0 Å². The Kier molecular flexibility index (Phi) is 7.40. The largest absolute Gasteiger partial charge is 0.497 e. The highest BCUT2D eigenvalue weighted by Gasteiger charge is 2.21. The van der Waals surface area contributed by atoms with Crippen LogP contribution in [-0.2, 0) is 20.9 Å². The Labute approximate surface area is 170 Å². The molecule has 154 valence electrons. The van der Waals surface area contributed by atoms with Gasteiger partial charge in [-0.1, -0.05) is 18.2 Å². The summed E-state index contributed by atoms with van der Waals surface area (Å²) >= 11 is 0. The molecule has 8 nitrogen and oxygen atoms in total. The van der Waals surface area contributed by atoms with Crippen LogP contribution in [0.2, 0.25) is 0 Å². The van der Waals surface area contributed by atoms with E-state index in [1.807, 2.05) is 42.5 Å². The van der Waals surface area contributed by atoms with Gasteiger partial charge >= 0.3 is 0 Å². The summed E-state index contributed by atoms with van der Waals surface area (Å²) in [5, 5.41) is 2.77. The maximum absolute atomic E-state index is 12.3. The van der Waals surface area contributed by atoms with Crippen molar-refractivity contribution in [2.24, 2.45) is 0 Å². The Morgan fingerprint density at radius 1 is 1.07 bits per heavy atom. The lowest BCUT2D eigenvalue weighted by Crippen LogP contribution is -2.50. The second-order valence-corrected chi connectivity index (χ2v) is 6.68. The number of nitrogens with zero attached hydrogens (tertiary/aromatic N) is 3. The molecule has 1 aromatic carbocycles. The van der Waals surface area contributed by atoms with Gasteiger partial charge < -0.3 is 24.6 Å². The fourth-order valence-corrected chi connectivity index (χ4v) is 3.08. The first kappa shape index (κ1) is 20.6. The summed E-state index contributed by atoms with van der Waals surface area (Å²) in [5.74, 6) is 1.29. The Balaban J connectivity index is 1.33. The zero-order valence-corrected chi connectivity index (χ0v) is 16.5. The zero-order valence-electron chi connectivity index (χ0n) is 16.5. The van der Waals surface area contributed by atoms with E-state index in [0.717, 1.165) is 30.2 Å². The van der Waals surface area contributed by atoms with E-state index in [2.05, 4.69) is 15.2 Å². The highest BCUT2D eigenvalue weighted by molar-refractivity contribution is 5.79. The van der Waals surface area contributed by atoms with Crippen LogP contribution in [0.4, 0.5) is 5.82 Å². The maximum atomic E-state index is 12.3. The molecule has 0 radical (unpaired) electrons. The number of rotatable bonds is 8. The van der Waals surface area contributed by atoms with Gasteiger partial charge in [0.15, 0.2) is 0 Å². The van der Waals surface area contributed by atoms with Gasteiger partial charge in [-0.3, -0.25) is 9.59 Å². The molecule has 1 aliphatic heterocycles. The summed E-state index contributed by atoms with van der Waals surface area (Å²) in [4.78, 5) is 32.5. The molecule has 1 N–H and O–H groups in total. The van der Waals surface area contributed by atoms with Crippen molar-refractivity contribution >= 4 is 17.6 Å². The number of hydrogen-bond acceptors (Lipinski definition) is 6. The second kappa shape index (κ2) is 10.4. The molecule has 1 aliphatic rings. The first-order valence-corrected chi connectivity index (χ1v) is 9.57. The molecule has 29 heavy (non-hydrogen) atoms. The zero-order chi connectivity index (χ0) is 20.5. The summed E-state index contributed by atoms with van der Waals surface area (Å²) in [6.45, 7) is 2.80. The summed E-state index contributed by atoms with van der Waals surface area (Å²) in [6, 6.07) is 13.3. The van der Waals surface area contributed by atoms with E-state index in [1.165, 1.54) is 0 Å². The highest BCUT2D eigenvalue weighted by Crippen LogP contribution is 2.13. The first-order chi connectivity index (χ1) is 14.2. The van der Waals surface area contributed by atoms with Crippen LogP contribution >= 0.6 is 0 Å². The van der Waals surface area contributed by atoms with Crippen LogP contribution in [0.15, 0.2) is 48.7 Å². The summed E-state index contributed by atoms with van der Waals surface area (Å²) in [5.41, 5.74) is 0.930. The number of carbonyl (C=O) groups is 2. The van der Waals surface area contributed by atoms with Gasteiger partial charge in [0, 0.05) is 38.9 Å². The molecule has 0 saturated carbocycles. The predicted octanol–water partition coefficient (Wildman–Crippen LogP) is 1.07. The summed E-state index contributed by atoms with van der Waals surface area (Å²) < 4.78 is 10.5. The molecule has 0 spiro atoms. The SMILES string of the molecule is COc1cccc(CNC(=O)COCC(=O)N2CCN(c3ccccn3)CC2)c1. The van der Waals surface area contributed by atoms with E-state index in [4.69, 9.17) is 9.47 Å². The van der Waals surface area contributed by atoms with Gasteiger partial charge in [-0.15, -0.1) is 0 Å². The Hall–Kier alpha value is -3.13. The fraction of sp³-hybridized carbons (Fsp3) is 0.381. The maximum Gasteiger partial charge on any atom is 0.248 e. The number of methoxy groups -OCH3 is 1. The molecule has 2 heterocycles. The number of carbonyl (C=O) groups excluding carboxylic acids is 2. The van der Waals surface area contributed by atoms with Gasteiger partial charge in [0.1, 0.15) is 24.8 Å². The van der Waals surface area contributed by atoms with Crippen LogP contribution in [0.25, 0.3) is 0 Å². The van der Waals surface area contributed by atoms with Crippen molar-refractivity contribution in [3.05, 3.63) is 54.2 Å². The first-order valence-electron chi connectivity index (χ1n) is 9.57. The average molecular weight is 398 g/mol. The molecule has 1 aromatic heterocycles. The van der Waals surface area contributed by atoms with Gasteiger partial charge in [-0.05, 0) is 29.8 Å². The van der Waals surface area contributed by atoms with Gasteiger partial charge in [0.05, 0.1) is 7.11 Å². The molecular formula is C21H26N4O4. The second-order valence-electron chi connectivity index (χ2n) is 6.68. The van der Waals surface area contributed by atoms with Crippen molar-refractivity contribution in [3.8, 4) is 5.75 Å². The number of nitrogens with one attached hydrogen (secondary N) is 1. The molecule has 8 heteroatoms. The molecule has 0 bridgehead atoms. The number of anilines is 1. The van der Waals surface area contributed by atoms with Crippen LogP contribution in [0, 0.1) is 0 Å². The number of amides is 2. The van der Waals surface area contributed by atoms with Gasteiger partial charge in [-0.2, -0.15) is 0 Å². The van der Waals surface area contributed by atoms with Crippen LogP contribution in [-0.4, -0.2) is 68.2 Å².